The highest BCUT2D eigenvalue weighted by atomic mass is 16.5. The largest absolute Gasteiger partial charge is 0.563 e. The van der Waals surface area contributed by atoms with Gasteiger partial charge in [-0.05, 0) is 29.3 Å². The van der Waals surface area contributed by atoms with E-state index in [0.29, 0.717) is 31.8 Å². The Kier molecular flexibility index (Phi) is 9.64. The normalized spacial score (nSPS) is 18.9. The number of benzene rings is 1. The summed E-state index contributed by atoms with van der Waals surface area (Å²) in [4.78, 5) is 0. The van der Waals surface area contributed by atoms with Crippen molar-refractivity contribution < 1.29 is 18.9 Å². The standard InChI is InChI=1S/C26H41BO4/c1-20(18-30-19-22-15-16-25(28-3)26(17-22)29-4)21(2)31-27(23-11-7-5-8-12-23)24-13-9-6-10-14-24/h15-17,20,23-24H,2,5-14,18-19H2,1,3-4H3/t20-/m1/s1. The lowest BCUT2D eigenvalue weighted by Crippen LogP contribution is -2.34. The summed E-state index contributed by atoms with van der Waals surface area (Å²) in [7, 11) is 3.30. The Morgan fingerprint density at radius 3 is 2.06 bits per heavy atom. The highest BCUT2D eigenvalue weighted by Gasteiger charge is 2.38. The fourth-order valence-electron chi connectivity index (χ4n) is 5.21. The Hall–Kier alpha value is -1.62. The van der Waals surface area contributed by atoms with E-state index in [1.54, 1.807) is 14.2 Å². The average Bonchev–Trinajstić information content (AvgIpc) is 2.83. The molecule has 0 aliphatic heterocycles. The summed E-state index contributed by atoms with van der Waals surface area (Å²) in [5.74, 6) is 3.94. The van der Waals surface area contributed by atoms with Gasteiger partial charge in [0.1, 0.15) is 0 Å². The van der Waals surface area contributed by atoms with Crippen molar-refractivity contribution in [1.82, 2.24) is 0 Å². The zero-order valence-corrected chi connectivity index (χ0v) is 19.9. The lowest BCUT2D eigenvalue weighted by Gasteiger charge is -2.36. The van der Waals surface area contributed by atoms with Gasteiger partial charge in [0.15, 0.2) is 11.5 Å². The molecule has 1 aromatic carbocycles. The van der Waals surface area contributed by atoms with Gasteiger partial charge in [0, 0.05) is 5.92 Å². The summed E-state index contributed by atoms with van der Waals surface area (Å²) in [6.45, 7) is 7.97. The Labute approximate surface area is 189 Å². The van der Waals surface area contributed by atoms with Gasteiger partial charge < -0.3 is 18.9 Å². The van der Waals surface area contributed by atoms with E-state index >= 15 is 0 Å². The zero-order chi connectivity index (χ0) is 22.1. The molecule has 0 radical (unpaired) electrons. The quantitative estimate of drug-likeness (QED) is 0.280. The third-order valence-corrected chi connectivity index (χ3v) is 7.15. The minimum absolute atomic E-state index is 0.176. The van der Waals surface area contributed by atoms with Crippen LogP contribution in [0.15, 0.2) is 30.5 Å². The maximum Gasteiger partial charge on any atom is 0.363 e. The van der Waals surface area contributed by atoms with Crippen LogP contribution >= 0.6 is 0 Å². The molecule has 4 nitrogen and oxygen atoms in total. The highest BCUT2D eigenvalue weighted by Crippen LogP contribution is 2.42. The zero-order valence-electron chi connectivity index (χ0n) is 19.9. The Bertz CT molecular complexity index is 662. The minimum atomic E-state index is 0.176. The number of hydrogen-bond acceptors (Lipinski definition) is 4. The van der Waals surface area contributed by atoms with Crippen molar-refractivity contribution in [2.75, 3.05) is 20.8 Å². The molecule has 2 fully saturated rings. The highest BCUT2D eigenvalue weighted by molar-refractivity contribution is 6.55. The molecule has 172 valence electrons. The second-order valence-electron chi connectivity index (χ2n) is 9.45. The van der Waals surface area contributed by atoms with Crippen molar-refractivity contribution in [2.24, 2.45) is 5.92 Å². The predicted molar refractivity (Wildman–Crippen MR) is 128 cm³/mol. The molecule has 2 saturated carbocycles. The third-order valence-electron chi connectivity index (χ3n) is 7.15. The third kappa shape index (κ3) is 6.93. The molecule has 0 spiro atoms. The molecule has 0 N–H and O–H groups in total. The summed E-state index contributed by atoms with van der Waals surface area (Å²) in [6.07, 6.45) is 13.5. The summed E-state index contributed by atoms with van der Waals surface area (Å²) in [5.41, 5.74) is 1.07. The van der Waals surface area contributed by atoms with E-state index in [1.165, 1.54) is 64.2 Å². The summed E-state index contributed by atoms with van der Waals surface area (Å²) >= 11 is 0. The first kappa shape index (κ1) is 24.0. The summed E-state index contributed by atoms with van der Waals surface area (Å²) in [6, 6.07) is 5.90. The molecule has 0 bridgehead atoms. The smallest absolute Gasteiger partial charge is 0.363 e. The molecule has 5 heteroatoms. The Balaban J connectivity index is 1.51. The fourth-order valence-corrected chi connectivity index (χ4v) is 5.21. The number of methoxy groups -OCH3 is 2. The minimum Gasteiger partial charge on any atom is -0.563 e. The molecule has 3 rings (SSSR count). The van der Waals surface area contributed by atoms with Crippen LogP contribution in [0.25, 0.3) is 0 Å². The molecule has 31 heavy (non-hydrogen) atoms. The van der Waals surface area contributed by atoms with E-state index < -0.39 is 0 Å². The lowest BCUT2D eigenvalue weighted by atomic mass is 9.41. The van der Waals surface area contributed by atoms with Crippen molar-refractivity contribution in [3.63, 3.8) is 0 Å². The summed E-state index contributed by atoms with van der Waals surface area (Å²) in [5, 5.41) is 0. The molecule has 0 aromatic heterocycles. The fraction of sp³-hybridized carbons (Fsp3) is 0.692. The molecular formula is C26H41BO4. The molecule has 1 aromatic rings. The van der Waals surface area contributed by atoms with Crippen LogP contribution in [0.2, 0.25) is 11.6 Å². The van der Waals surface area contributed by atoms with E-state index in [9.17, 15) is 0 Å². The van der Waals surface area contributed by atoms with Crippen molar-refractivity contribution in [3.05, 3.63) is 36.1 Å². The molecule has 0 heterocycles. The molecule has 0 saturated heterocycles. The van der Waals surface area contributed by atoms with Crippen LogP contribution in [0.4, 0.5) is 0 Å². The van der Waals surface area contributed by atoms with Crippen molar-refractivity contribution in [2.45, 2.75) is 89.4 Å². The average molecular weight is 428 g/mol. The van der Waals surface area contributed by atoms with Crippen LogP contribution in [0.5, 0.6) is 11.5 Å². The monoisotopic (exact) mass is 428 g/mol. The lowest BCUT2D eigenvalue weighted by molar-refractivity contribution is 0.0903. The first-order chi connectivity index (χ1) is 15.1. The number of hydrogen-bond donors (Lipinski definition) is 0. The van der Waals surface area contributed by atoms with Gasteiger partial charge in [0.2, 0.25) is 0 Å². The van der Waals surface area contributed by atoms with Gasteiger partial charge in [-0.1, -0.05) is 83.8 Å². The molecular weight excluding hydrogens is 387 g/mol. The molecule has 2 aliphatic carbocycles. The Morgan fingerprint density at radius 2 is 1.52 bits per heavy atom. The Morgan fingerprint density at radius 1 is 0.935 bits per heavy atom. The van der Waals surface area contributed by atoms with Crippen molar-refractivity contribution >= 4 is 6.92 Å². The first-order valence-corrected chi connectivity index (χ1v) is 12.3. The topological polar surface area (TPSA) is 36.9 Å². The van der Waals surface area contributed by atoms with Gasteiger partial charge in [0.25, 0.3) is 0 Å². The van der Waals surface area contributed by atoms with Crippen LogP contribution in [0.1, 0.15) is 76.7 Å². The number of rotatable bonds is 11. The van der Waals surface area contributed by atoms with Crippen LogP contribution in [0, 0.1) is 5.92 Å². The molecule has 0 unspecified atom stereocenters. The van der Waals surface area contributed by atoms with Crippen LogP contribution in [-0.4, -0.2) is 27.7 Å². The van der Waals surface area contributed by atoms with E-state index in [1.807, 2.05) is 18.2 Å². The van der Waals surface area contributed by atoms with Gasteiger partial charge in [-0.2, -0.15) is 0 Å². The summed E-state index contributed by atoms with van der Waals surface area (Å²) < 4.78 is 23.4. The maximum atomic E-state index is 6.65. The van der Waals surface area contributed by atoms with Gasteiger partial charge in [-0.3, -0.25) is 0 Å². The van der Waals surface area contributed by atoms with Gasteiger partial charge >= 0.3 is 6.92 Å². The SMILES string of the molecule is C=C(OB(C1CCCCC1)C1CCCCC1)[C@H](C)COCc1ccc(OC)c(OC)c1. The van der Waals surface area contributed by atoms with Crippen LogP contribution in [0.3, 0.4) is 0 Å². The first-order valence-electron chi connectivity index (χ1n) is 12.3. The number of ether oxygens (including phenoxy) is 3. The van der Waals surface area contributed by atoms with Crippen LogP contribution in [-0.2, 0) is 16.0 Å². The second-order valence-corrected chi connectivity index (χ2v) is 9.45. The van der Waals surface area contributed by atoms with Gasteiger partial charge in [-0.25, -0.2) is 0 Å². The second kappa shape index (κ2) is 12.4. The molecule has 1 atom stereocenters. The van der Waals surface area contributed by atoms with Gasteiger partial charge in [-0.15, -0.1) is 0 Å². The van der Waals surface area contributed by atoms with Crippen LogP contribution < -0.4 is 9.47 Å². The molecule has 0 amide bonds. The van der Waals surface area contributed by atoms with E-state index in [4.69, 9.17) is 18.9 Å². The van der Waals surface area contributed by atoms with E-state index in [0.717, 1.165) is 22.8 Å². The van der Waals surface area contributed by atoms with E-state index in [2.05, 4.69) is 13.5 Å². The predicted octanol–water partition coefficient (Wildman–Crippen LogP) is 7.05. The van der Waals surface area contributed by atoms with Gasteiger partial charge in [0.05, 0.1) is 33.2 Å². The molecule has 2 aliphatic rings. The van der Waals surface area contributed by atoms with Crippen molar-refractivity contribution in [1.29, 1.82) is 0 Å². The maximum absolute atomic E-state index is 6.65. The van der Waals surface area contributed by atoms with E-state index in [-0.39, 0.29) is 5.92 Å². The van der Waals surface area contributed by atoms with Crippen molar-refractivity contribution in [3.8, 4) is 11.5 Å².